The van der Waals surface area contributed by atoms with E-state index in [0.29, 0.717) is 12.8 Å². The van der Waals surface area contributed by atoms with E-state index in [4.69, 9.17) is 19.3 Å². The Bertz CT molecular complexity index is 839. The van der Waals surface area contributed by atoms with Crippen molar-refractivity contribution >= 4 is 43.5 Å². The summed E-state index contributed by atoms with van der Waals surface area (Å²) in [7, 11) is 0. The molecule has 1 aromatic carbocycles. The molecule has 1 fully saturated rings. The van der Waals surface area contributed by atoms with Crippen LogP contribution in [0.1, 0.15) is 43.9 Å². The molecule has 126 valence electrons. The van der Waals surface area contributed by atoms with Gasteiger partial charge in [-0.2, -0.15) is 0 Å². The largest absolute Gasteiger partial charge is 0.317 e. The lowest BCUT2D eigenvalue weighted by Gasteiger charge is -2.32. The molecule has 1 aliphatic carbocycles. The van der Waals surface area contributed by atoms with Crippen molar-refractivity contribution in [1.29, 1.82) is 0 Å². The van der Waals surface area contributed by atoms with Crippen LogP contribution in [0.3, 0.4) is 0 Å². The first kappa shape index (κ1) is 14.7. The molecule has 5 heteroatoms. The fraction of sp³-hybridized carbons (Fsp3) is 0.421. The summed E-state index contributed by atoms with van der Waals surface area (Å²) in [5.41, 5.74) is 4.80. The lowest BCUT2D eigenvalue weighted by molar-refractivity contribution is 0.338. The normalized spacial score (nSPS) is 30.6. The van der Waals surface area contributed by atoms with Crippen LogP contribution in [-0.4, -0.2) is 18.0 Å². The van der Waals surface area contributed by atoms with Gasteiger partial charge in [-0.3, -0.25) is 4.98 Å². The zero-order valence-corrected chi connectivity index (χ0v) is 17.0. The minimum absolute atomic E-state index is 0.0741. The summed E-state index contributed by atoms with van der Waals surface area (Å²) < 4.78 is 18.4. The molecule has 0 bridgehead atoms. The van der Waals surface area contributed by atoms with E-state index in [2.05, 4.69) is 49.3 Å². The van der Waals surface area contributed by atoms with Crippen LogP contribution in [0.4, 0.5) is 0 Å². The number of nitrogens with zero attached hydrogens (tertiary/aromatic N) is 1. The van der Waals surface area contributed by atoms with E-state index in [9.17, 15) is 0 Å². The Hall–Kier alpha value is -0.420. The van der Waals surface area contributed by atoms with E-state index in [1.165, 1.54) is 16.7 Å². The molecule has 1 aromatic heterocycles. The number of benzene rings is 1. The van der Waals surface area contributed by atoms with Gasteiger partial charge >= 0.3 is 0 Å². The number of nitrogens with one attached hydrogen (secondary N) is 1. The Labute approximate surface area is 167 Å². The fourth-order valence-corrected chi connectivity index (χ4v) is 5.42. The number of fused-ring (bicyclic) bond motifs is 2. The van der Waals surface area contributed by atoms with Gasteiger partial charge in [-0.25, -0.2) is 0 Å². The highest BCUT2D eigenvalue weighted by molar-refractivity contribution is 9.10. The third-order valence-corrected chi connectivity index (χ3v) is 6.27. The molecule has 0 amide bonds. The van der Waals surface area contributed by atoms with Crippen molar-refractivity contribution < 1.29 is 2.74 Å². The predicted molar refractivity (Wildman–Crippen MR) is 106 cm³/mol. The summed E-state index contributed by atoms with van der Waals surface area (Å²) in [5, 5.41) is 3.75. The second kappa shape index (κ2) is 7.06. The minimum Gasteiger partial charge on any atom is -0.317 e. The highest BCUT2D eigenvalue weighted by Gasteiger charge is 2.34. The van der Waals surface area contributed by atoms with Crippen LogP contribution < -0.4 is 5.32 Å². The molecule has 1 aliphatic heterocycles. The monoisotopic (exact) mass is 472 g/mol. The predicted octanol–water partition coefficient (Wildman–Crippen LogP) is 5.49. The first-order valence-corrected chi connectivity index (χ1v) is 10.1. The van der Waals surface area contributed by atoms with Gasteiger partial charge < -0.3 is 5.32 Å². The quantitative estimate of drug-likeness (QED) is 0.591. The molecule has 0 spiro atoms. The standard InChI is InChI=1S/C19H19Br2ClN2/c20-14-7-13-2-1-12-8-15(22)9-16(21)17(12)18(19(13)24-10-14)11-3-5-23-6-4-11/h7-11,18,23H,1-6H2/t18-/m1/s1/i5T,6T/t5?,6?,11?,18-. The Morgan fingerprint density at radius 1 is 1.12 bits per heavy atom. The fourth-order valence-electron chi connectivity index (χ4n) is 3.92. The van der Waals surface area contributed by atoms with E-state index in [0.717, 1.165) is 32.5 Å². The molecule has 2 unspecified atom stereocenters. The van der Waals surface area contributed by atoms with Crippen molar-refractivity contribution in [3.8, 4) is 0 Å². The molecule has 24 heavy (non-hydrogen) atoms. The van der Waals surface area contributed by atoms with Crippen molar-refractivity contribution in [2.75, 3.05) is 13.0 Å². The summed E-state index contributed by atoms with van der Waals surface area (Å²) in [6.07, 6.45) is 5.11. The second-order valence-electron chi connectivity index (χ2n) is 6.44. The van der Waals surface area contributed by atoms with Crippen molar-refractivity contribution in [2.24, 2.45) is 5.92 Å². The van der Waals surface area contributed by atoms with Gasteiger partial charge in [0.15, 0.2) is 0 Å². The molecular weight excluding hydrogens is 451 g/mol. The lowest BCUT2D eigenvalue weighted by Crippen LogP contribution is -2.32. The van der Waals surface area contributed by atoms with Gasteiger partial charge in [-0.05, 0) is 95.5 Å². The van der Waals surface area contributed by atoms with Crippen LogP contribution in [0.5, 0.6) is 0 Å². The summed E-state index contributed by atoms with van der Waals surface area (Å²) in [6, 6.07) is 6.18. The van der Waals surface area contributed by atoms with Gasteiger partial charge in [-0.15, -0.1) is 0 Å². The zero-order chi connectivity index (χ0) is 18.4. The Morgan fingerprint density at radius 2 is 1.88 bits per heavy atom. The summed E-state index contributed by atoms with van der Waals surface area (Å²) in [4.78, 5) is 4.80. The first-order valence-electron chi connectivity index (χ1n) is 9.30. The third kappa shape index (κ3) is 3.18. The number of pyridine rings is 1. The highest BCUT2D eigenvalue weighted by Crippen LogP contribution is 2.45. The number of rotatable bonds is 1. The molecule has 1 saturated heterocycles. The van der Waals surface area contributed by atoms with Gasteiger partial charge in [-0.1, -0.05) is 27.5 Å². The van der Waals surface area contributed by atoms with Gasteiger partial charge in [0.25, 0.3) is 0 Å². The van der Waals surface area contributed by atoms with Crippen molar-refractivity contribution in [2.45, 2.75) is 31.6 Å². The number of aryl methyl sites for hydroxylation is 2. The summed E-state index contributed by atoms with van der Waals surface area (Å²) >= 11 is 13.6. The topological polar surface area (TPSA) is 24.9 Å². The third-order valence-electron chi connectivity index (χ3n) is 4.97. The maximum absolute atomic E-state index is 8.20. The SMILES string of the molecule is [3H]C1CC([C@H]2c3ncc(Br)cc3CCc3cc(Cl)cc(Br)c32)CC([3H])N1. The number of aromatic nitrogens is 1. The smallest absolute Gasteiger partial charge is 0.0514 e. The van der Waals surface area contributed by atoms with Crippen LogP contribution >= 0.6 is 43.5 Å². The van der Waals surface area contributed by atoms with Crippen molar-refractivity contribution in [3.63, 3.8) is 0 Å². The number of hydrogen-bond donors (Lipinski definition) is 1. The lowest BCUT2D eigenvalue weighted by atomic mass is 9.77. The molecule has 4 rings (SSSR count). The minimum atomic E-state index is -0.409. The number of halogens is 3. The van der Waals surface area contributed by atoms with E-state index < -0.39 is 13.0 Å². The molecule has 2 aromatic rings. The zero-order valence-electron chi connectivity index (χ0n) is 15.0. The molecular formula is C19H19Br2ClN2. The Morgan fingerprint density at radius 3 is 2.67 bits per heavy atom. The van der Waals surface area contributed by atoms with Gasteiger partial charge in [0.2, 0.25) is 0 Å². The Balaban J connectivity index is 1.90. The number of hydrogen-bond acceptors (Lipinski definition) is 2. The van der Waals surface area contributed by atoms with E-state index in [1.54, 1.807) is 0 Å². The van der Waals surface area contributed by atoms with Crippen LogP contribution in [0.25, 0.3) is 0 Å². The van der Waals surface area contributed by atoms with Crippen LogP contribution in [0.15, 0.2) is 33.3 Å². The average Bonchev–Trinajstić information content (AvgIpc) is 2.71. The molecule has 0 saturated carbocycles. The second-order valence-corrected chi connectivity index (χ2v) is 8.65. The van der Waals surface area contributed by atoms with Gasteiger partial charge in [0.1, 0.15) is 0 Å². The van der Waals surface area contributed by atoms with Gasteiger partial charge in [0.05, 0.1) is 5.69 Å². The van der Waals surface area contributed by atoms with Crippen LogP contribution in [0, 0.1) is 5.92 Å². The van der Waals surface area contributed by atoms with E-state index in [-0.39, 0.29) is 11.8 Å². The summed E-state index contributed by atoms with van der Waals surface area (Å²) in [6.45, 7) is -0.819. The molecule has 3 atom stereocenters. The molecule has 0 radical (unpaired) electrons. The highest BCUT2D eigenvalue weighted by atomic mass is 79.9. The van der Waals surface area contributed by atoms with E-state index in [1.807, 2.05) is 12.3 Å². The molecule has 2 aliphatic rings. The van der Waals surface area contributed by atoms with Crippen molar-refractivity contribution in [3.05, 3.63) is 60.7 Å². The maximum atomic E-state index is 8.20. The molecule has 1 N–H and O–H groups in total. The van der Waals surface area contributed by atoms with Gasteiger partial charge in [0, 0.05) is 28.8 Å². The van der Waals surface area contributed by atoms with Crippen molar-refractivity contribution in [1.82, 2.24) is 10.3 Å². The molecule has 2 nitrogen and oxygen atoms in total. The average molecular weight is 475 g/mol. The van der Waals surface area contributed by atoms with Crippen LogP contribution in [-0.2, 0) is 12.8 Å². The summed E-state index contributed by atoms with van der Waals surface area (Å²) in [5.74, 6) is 0.271. The van der Waals surface area contributed by atoms with Crippen LogP contribution in [0.2, 0.25) is 5.02 Å². The Kier molecular flexibility index (Phi) is 4.33. The number of piperidine rings is 1. The molecule has 2 heterocycles. The van der Waals surface area contributed by atoms with E-state index >= 15 is 0 Å². The first-order chi connectivity index (χ1) is 12.4. The maximum Gasteiger partial charge on any atom is 0.0514 e.